The smallest absolute Gasteiger partial charge is 0.276 e. The van der Waals surface area contributed by atoms with Crippen LogP contribution < -0.4 is 0 Å². The number of amides is 1. The van der Waals surface area contributed by atoms with Crippen LogP contribution >= 0.6 is 0 Å². The van der Waals surface area contributed by atoms with Crippen LogP contribution in [0.15, 0.2) is 10.8 Å². The van der Waals surface area contributed by atoms with E-state index >= 15 is 0 Å². The second-order valence-corrected chi connectivity index (χ2v) is 6.78. The zero-order chi connectivity index (χ0) is 16.2. The van der Waals surface area contributed by atoms with Crippen molar-refractivity contribution < 1.29 is 13.9 Å². The van der Waals surface area contributed by atoms with Gasteiger partial charge in [0.1, 0.15) is 5.76 Å². The van der Waals surface area contributed by atoms with Gasteiger partial charge in [0, 0.05) is 38.1 Å². The first kappa shape index (κ1) is 16.5. The van der Waals surface area contributed by atoms with E-state index in [2.05, 4.69) is 9.88 Å². The summed E-state index contributed by atoms with van der Waals surface area (Å²) in [6.07, 6.45) is 4.72. The first-order valence-electron chi connectivity index (χ1n) is 8.71. The highest BCUT2D eigenvalue weighted by Gasteiger charge is 2.32. The highest BCUT2D eigenvalue weighted by Crippen LogP contribution is 2.24. The fourth-order valence-corrected chi connectivity index (χ4v) is 3.50. The van der Waals surface area contributed by atoms with Gasteiger partial charge in [-0.25, -0.2) is 4.98 Å². The molecule has 6 heteroatoms. The lowest BCUT2D eigenvalue weighted by Crippen LogP contribution is -2.51. The van der Waals surface area contributed by atoms with Crippen molar-refractivity contribution in [2.75, 3.05) is 39.4 Å². The number of ether oxygens (including phenoxy) is 1. The number of oxazole rings is 1. The summed E-state index contributed by atoms with van der Waals surface area (Å²) >= 11 is 0. The number of nitrogens with zero attached hydrogens (tertiary/aromatic N) is 3. The van der Waals surface area contributed by atoms with E-state index in [4.69, 9.17) is 9.15 Å². The number of morpholine rings is 1. The van der Waals surface area contributed by atoms with E-state index in [1.165, 1.54) is 12.8 Å². The molecule has 0 aliphatic carbocycles. The fraction of sp³-hybridized carbons (Fsp3) is 0.765. The highest BCUT2D eigenvalue weighted by molar-refractivity contribution is 5.93. The molecule has 1 amide bonds. The predicted octanol–water partition coefficient (Wildman–Crippen LogP) is 2.12. The normalized spacial score (nSPS) is 23.4. The quantitative estimate of drug-likeness (QED) is 0.850. The second-order valence-electron chi connectivity index (χ2n) is 6.78. The lowest BCUT2D eigenvalue weighted by atomic mass is 10.00. The number of likely N-dealkylation sites (tertiary alicyclic amines) is 1. The van der Waals surface area contributed by atoms with Crippen LogP contribution in [0, 0.1) is 0 Å². The molecule has 1 atom stereocenters. The number of carbonyl (C=O) groups excluding carboxylic acids is 1. The summed E-state index contributed by atoms with van der Waals surface area (Å²) in [5.41, 5.74) is 0.494. The Bertz CT molecular complexity index is 523. The van der Waals surface area contributed by atoms with Gasteiger partial charge in [-0.3, -0.25) is 9.69 Å². The molecule has 2 aliphatic heterocycles. The minimum Gasteiger partial charge on any atom is -0.447 e. The van der Waals surface area contributed by atoms with E-state index in [-0.39, 0.29) is 17.9 Å². The summed E-state index contributed by atoms with van der Waals surface area (Å²) in [7, 11) is 0. The average molecular weight is 321 g/mol. The molecule has 2 saturated heterocycles. The highest BCUT2D eigenvalue weighted by atomic mass is 16.5. The summed E-state index contributed by atoms with van der Waals surface area (Å²) in [6, 6.07) is 0.270. The molecule has 0 N–H and O–H groups in total. The standard InChI is InChI=1S/C17H27N3O3/c1-13(2)16-15(18-12-23-16)17(21)20-6-4-3-5-14(20)11-19-7-9-22-10-8-19/h12-14H,3-11H2,1-2H3. The van der Waals surface area contributed by atoms with Gasteiger partial charge in [0.25, 0.3) is 5.91 Å². The molecule has 0 bridgehead atoms. The molecule has 2 aliphatic rings. The van der Waals surface area contributed by atoms with Crippen molar-refractivity contribution >= 4 is 5.91 Å². The zero-order valence-corrected chi connectivity index (χ0v) is 14.2. The van der Waals surface area contributed by atoms with Crippen LogP contribution in [0.3, 0.4) is 0 Å². The third kappa shape index (κ3) is 3.75. The molecule has 23 heavy (non-hydrogen) atoms. The minimum absolute atomic E-state index is 0.0282. The van der Waals surface area contributed by atoms with Crippen LogP contribution in [0.5, 0.6) is 0 Å². The molecule has 128 valence electrons. The van der Waals surface area contributed by atoms with Crippen LogP contribution in [0.1, 0.15) is 55.3 Å². The maximum atomic E-state index is 13.0. The summed E-state index contributed by atoms with van der Waals surface area (Å²) in [6.45, 7) is 9.31. The van der Waals surface area contributed by atoms with Crippen LogP contribution in [0.4, 0.5) is 0 Å². The van der Waals surface area contributed by atoms with Crippen molar-refractivity contribution in [3.63, 3.8) is 0 Å². The SMILES string of the molecule is CC(C)c1ocnc1C(=O)N1CCCCC1CN1CCOCC1. The molecule has 1 aromatic rings. The molecular weight excluding hydrogens is 294 g/mol. The first-order valence-corrected chi connectivity index (χ1v) is 8.71. The number of aromatic nitrogens is 1. The number of hydrogen-bond acceptors (Lipinski definition) is 5. The van der Waals surface area contributed by atoms with Crippen molar-refractivity contribution in [1.82, 2.24) is 14.8 Å². The van der Waals surface area contributed by atoms with E-state index in [1.807, 2.05) is 18.7 Å². The largest absolute Gasteiger partial charge is 0.447 e. The van der Waals surface area contributed by atoms with E-state index in [0.717, 1.165) is 52.2 Å². The Labute approximate surface area is 137 Å². The third-order valence-electron chi connectivity index (χ3n) is 4.78. The Morgan fingerprint density at radius 3 is 2.83 bits per heavy atom. The van der Waals surface area contributed by atoms with Gasteiger partial charge in [-0.15, -0.1) is 0 Å². The zero-order valence-electron chi connectivity index (χ0n) is 14.2. The summed E-state index contributed by atoms with van der Waals surface area (Å²) in [4.78, 5) is 21.6. The maximum Gasteiger partial charge on any atom is 0.276 e. The monoisotopic (exact) mass is 321 g/mol. The molecule has 3 heterocycles. The van der Waals surface area contributed by atoms with Crippen molar-refractivity contribution in [3.05, 3.63) is 17.8 Å². The molecule has 0 saturated carbocycles. The maximum absolute atomic E-state index is 13.0. The Morgan fingerprint density at radius 1 is 1.30 bits per heavy atom. The van der Waals surface area contributed by atoms with E-state index in [0.29, 0.717) is 11.5 Å². The Morgan fingerprint density at radius 2 is 2.09 bits per heavy atom. The van der Waals surface area contributed by atoms with Gasteiger partial charge >= 0.3 is 0 Å². The van der Waals surface area contributed by atoms with Gasteiger partial charge in [-0.2, -0.15) is 0 Å². The molecule has 0 aromatic carbocycles. The van der Waals surface area contributed by atoms with Crippen LogP contribution in [-0.4, -0.2) is 66.1 Å². The van der Waals surface area contributed by atoms with Crippen molar-refractivity contribution in [2.45, 2.75) is 45.1 Å². The molecule has 3 rings (SSSR count). The second kappa shape index (κ2) is 7.45. The topological polar surface area (TPSA) is 58.8 Å². The molecule has 6 nitrogen and oxygen atoms in total. The number of carbonyl (C=O) groups is 1. The van der Waals surface area contributed by atoms with E-state index < -0.39 is 0 Å². The Balaban J connectivity index is 1.72. The first-order chi connectivity index (χ1) is 11.2. The van der Waals surface area contributed by atoms with Crippen LogP contribution in [-0.2, 0) is 4.74 Å². The van der Waals surface area contributed by atoms with Gasteiger partial charge in [-0.1, -0.05) is 13.8 Å². The third-order valence-corrected chi connectivity index (χ3v) is 4.78. The minimum atomic E-state index is 0.0282. The summed E-state index contributed by atoms with van der Waals surface area (Å²) < 4.78 is 10.9. The average Bonchev–Trinajstić information content (AvgIpc) is 3.06. The van der Waals surface area contributed by atoms with Gasteiger partial charge in [0.05, 0.1) is 13.2 Å². The fourth-order valence-electron chi connectivity index (χ4n) is 3.50. The molecule has 1 aromatic heterocycles. The number of piperidine rings is 1. The van der Waals surface area contributed by atoms with Gasteiger partial charge in [0.2, 0.25) is 0 Å². The Hall–Kier alpha value is -1.40. The molecule has 2 fully saturated rings. The van der Waals surface area contributed by atoms with Crippen molar-refractivity contribution in [3.8, 4) is 0 Å². The van der Waals surface area contributed by atoms with Crippen molar-refractivity contribution in [2.24, 2.45) is 0 Å². The van der Waals surface area contributed by atoms with Gasteiger partial charge < -0.3 is 14.1 Å². The van der Waals surface area contributed by atoms with Crippen LogP contribution in [0.25, 0.3) is 0 Å². The molecular formula is C17H27N3O3. The predicted molar refractivity (Wildman–Crippen MR) is 86.5 cm³/mol. The molecule has 1 unspecified atom stereocenters. The van der Waals surface area contributed by atoms with E-state index in [1.54, 1.807) is 0 Å². The summed E-state index contributed by atoms with van der Waals surface area (Å²) in [5, 5.41) is 0. The van der Waals surface area contributed by atoms with E-state index in [9.17, 15) is 4.79 Å². The summed E-state index contributed by atoms with van der Waals surface area (Å²) in [5.74, 6) is 0.894. The van der Waals surface area contributed by atoms with Gasteiger partial charge in [-0.05, 0) is 19.3 Å². The van der Waals surface area contributed by atoms with Crippen molar-refractivity contribution in [1.29, 1.82) is 0 Å². The number of rotatable bonds is 4. The molecule has 0 radical (unpaired) electrons. The van der Waals surface area contributed by atoms with Crippen LogP contribution in [0.2, 0.25) is 0 Å². The van der Waals surface area contributed by atoms with Gasteiger partial charge in [0.15, 0.2) is 12.1 Å². The number of hydrogen-bond donors (Lipinski definition) is 0. The lowest BCUT2D eigenvalue weighted by molar-refractivity contribution is 0.0164. The Kier molecular flexibility index (Phi) is 5.33. The lowest BCUT2D eigenvalue weighted by Gasteiger charge is -2.39. The molecule has 0 spiro atoms.